The Kier molecular flexibility index (Phi) is 4.46. The number of aryl methyl sites for hydroxylation is 1. The second kappa shape index (κ2) is 6.46. The van der Waals surface area contributed by atoms with Gasteiger partial charge in [-0.3, -0.25) is 0 Å². The first-order valence-corrected chi connectivity index (χ1v) is 7.32. The van der Waals surface area contributed by atoms with Crippen molar-refractivity contribution in [3.63, 3.8) is 0 Å². The Bertz CT molecular complexity index is 915. The lowest BCUT2D eigenvalue weighted by molar-refractivity contribution is -0.141. The zero-order valence-electron chi connectivity index (χ0n) is 12.9. The van der Waals surface area contributed by atoms with E-state index in [1.54, 1.807) is 0 Å². The number of anilines is 2. The molecule has 3 rings (SSSR count). The fourth-order valence-electron chi connectivity index (χ4n) is 2.29. The number of aromatic nitrogens is 4. The summed E-state index contributed by atoms with van der Waals surface area (Å²) in [7, 11) is 0. The van der Waals surface area contributed by atoms with Crippen molar-refractivity contribution in [1.29, 1.82) is 0 Å². The zero-order chi connectivity index (χ0) is 18.9. The third-order valence-corrected chi connectivity index (χ3v) is 3.44. The Morgan fingerprint density at radius 3 is 2.50 bits per heavy atom. The summed E-state index contributed by atoms with van der Waals surface area (Å²) in [6.45, 7) is 0. The van der Waals surface area contributed by atoms with Gasteiger partial charge in [-0.1, -0.05) is 12.1 Å². The van der Waals surface area contributed by atoms with E-state index in [1.807, 2.05) is 0 Å². The Hall–Kier alpha value is -2.85. The highest BCUT2D eigenvalue weighted by Gasteiger charge is 2.34. The molecule has 2 aromatic heterocycles. The SMILES string of the molecule is FC(F)(F)CCc1cccc(Nc2cc(C(F)(F)F)nc3ncnn23)c1. The van der Waals surface area contributed by atoms with Gasteiger partial charge in [-0.25, -0.2) is 4.98 Å². The number of hydrogen-bond acceptors (Lipinski definition) is 4. The third kappa shape index (κ3) is 4.21. The molecule has 2 heterocycles. The molecular formula is C15H11F6N5. The molecule has 0 unspecified atom stereocenters. The van der Waals surface area contributed by atoms with Crippen LogP contribution in [0, 0.1) is 0 Å². The summed E-state index contributed by atoms with van der Waals surface area (Å²) in [6, 6.07) is 6.73. The van der Waals surface area contributed by atoms with Crippen LogP contribution in [-0.4, -0.2) is 25.8 Å². The largest absolute Gasteiger partial charge is 0.433 e. The maximum atomic E-state index is 13.0. The monoisotopic (exact) mass is 375 g/mol. The fraction of sp³-hybridized carbons (Fsp3) is 0.267. The highest BCUT2D eigenvalue weighted by Crippen LogP contribution is 2.30. The molecule has 0 radical (unpaired) electrons. The van der Waals surface area contributed by atoms with E-state index in [1.165, 1.54) is 24.3 Å². The smallest absolute Gasteiger partial charge is 0.340 e. The quantitative estimate of drug-likeness (QED) is 0.688. The van der Waals surface area contributed by atoms with Crippen LogP contribution in [0.4, 0.5) is 37.8 Å². The van der Waals surface area contributed by atoms with Crippen molar-refractivity contribution in [3.8, 4) is 0 Å². The van der Waals surface area contributed by atoms with Crippen LogP contribution in [0.5, 0.6) is 0 Å². The van der Waals surface area contributed by atoms with Crippen molar-refractivity contribution in [3.05, 3.63) is 47.9 Å². The van der Waals surface area contributed by atoms with Crippen LogP contribution in [0.25, 0.3) is 5.78 Å². The molecule has 0 bridgehead atoms. The van der Waals surface area contributed by atoms with Crippen LogP contribution in [-0.2, 0) is 12.6 Å². The molecule has 11 heteroatoms. The van der Waals surface area contributed by atoms with Crippen molar-refractivity contribution in [2.45, 2.75) is 25.2 Å². The minimum atomic E-state index is -4.68. The molecule has 0 amide bonds. The maximum Gasteiger partial charge on any atom is 0.433 e. The van der Waals surface area contributed by atoms with Gasteiger partial charge in [0.1, 0.15) is 12.1 Å². The highest BCUT2D eigenvalue weighted by atomic mass is 19.4. The molecule has 26 heavy (non-hydrogen) atoms. The summed E-state index contributed by atoms with van der Waals surface area (Å²) in [6.07, 6.45) is -9.14. The van der Waals surface area contributed by atoms with Gasteiger partial charge in [-0.05, 0) is 24.1 Å². The number of rotatable bonds is 4. The normalized spacial score (nSPS) is 12.5. The van der Waals surface area contributed by atoms with E-state index in [0.717, 1.165) is 16.9 Å². The first kappa shape index (κ1) is 18.0. The molecule has 1 aromatic carbocycles. The Morgan fingerprint density at radius 2 is 1.81 bits per heavy atom. The first-order chi connectivity index (χ1) is 12.1. The molecule has 0 atom stereocenters. The second-order valence-corrected chi connectivity index (χ2v) is 5.44. The molecule has 0 spiro atoms. The van der Waals surface area contributed by atoms with Gasteiger partial charge in [0.25, 0.3) is 5.78 Å². The van der Waals surface area contributed by atoms with Gasteiger partial charge < -0.3 is 5.32 Å². The van der Waals surface area contributed by atoms with E-state index in [2.05, 4.69) is 20.4 Å². The predicted octanol–water partition coefficient (Wildman–Crippen LogP) is 4.38. The molecule has 3 aromatic rings. The molecule has 0 aliphatic rings. The molecule has 5 nitrogen and oxygen atoms in total. The number of nitrogens with one attached hydrogen (secondary N) is 1. The third-order valence-electron chi connectivity index (χ3n) is 3.44. The van der Waals surface area contributed by atoms with Crippen molar-refractivity contribution >= 4 is 17.3 Å². The topological polar surface area (TPSA) is 55.1 Å². The summed E-state index contributed by atoms with van der Waals surface area (Å²) in [5, 5.41) is 6.52. The lowest BCUT2D eigenvalue weighted by atomic mass is 10.1. The maximum absolute atomic E-state index is 13.0. The van der Waals surface area contributed by atoms with Crippen LogP contribution in [0.1, 0.15) is 17.7 Å². The molecule has 0 saturated heterocycles. The number of benzene rings is 1. The molecule has 1 N–H and O–H groups in total. The molecule has 138 valence electrons. The molecule has 0 fully saturated rings. The number of hydrogen-bond donors (Lipinski definition) is 1. The average molecular weight is 375 g/mol. The number of fused-ring (bicyclic) bond motifs is 1. The van der Waals surface area contributed by atoms with E-state index in [9.17, 15) is 26.3 Å². The van der Waals surface area contributed by atoms with Gasteiger partial charge in [-0.2, -0.15) is 40.9 Å². The van der Waals surface area contributed by atoms with E-state index in [0.29, 0.717) is 11.3 Å². The fourth-order valence-corrected chi connectivity index (χ4v) is 2.29. The van der Waals surface area contributed by atoms with Crippen molar-refractivity contribution < 1.29 is 26.3 Å². The summed E-state index contributed by atoms with van der Waals surface area (Å²) in [5.74, 6) is -0.316. The summed E-state index contributed by atoms with van der Waals surface area (Å²) in [5.41, 5.74) is -0.443. The number of halogens is 6. The predicted molar refractivity (Wildman–Crippen MR) is 79.9 cm³/mol. The van der Waals surface area contributed by atoms with Crippen LogP contribution >= 0.6 is 0 Å². The zero-order valence-corrected chi connectivity index (χ0v) is 12.9. The lowest BCUT2D eigenvalue weighted by Crippen LogP contribution is -2.12. The van der Waals surface area contributed by atoms with Gasteiger partial charge in [0, 0.05) is 18.2 Å². The van der Waals surface area contributed by atoms with Crippen molar-refractivity contribution in [1.82, 2.24) is 19.6 Å². The van der Waals surface area contributed by atoms with E-state index >= 15 is 0 Å². The standard InChI is InChI=1S/C15H11F6N5/c16-14(17,18)5-4-9-2-1-3-10(6-9)24-12-7-11(15(19,20)21)25-13-22-8-23-26(12)13/h1-3,6-8,24H,4-5H2. The summed E-state index contributed by atoms with van der Waals surface area (Å²) in [4.78, 5) is 7.03. The average Bonchev–Trinajstić information content (AvgIpc) is 3.01. The first-order valence-electron chi connectivity index (χ1n) is 7.32. The van der Waals surface area contributed by atoms with Gasteiger partial charge in [0.2, 0.25) is 0 Å². The van der Waals surface area contributed by atoms with E-state index in [-0.39, 0.29) is 18.0 Å². The Balaban J connectivity index is 1.90. The van der Waals surface area contributed by atoms with Crippen LogP contribution in [0.2, 0.25) is 0 Å². The van der Waals surface area contributed by atoms with Gasteiger partial charge >= 0.3 is 12.4 Å². The molecule has 0 aliphatic carbocycles. The van der Waals surface area contributed by atoms with Crippen LogP contribution < -0.4 is 5.32 Å². The van der Waals surface area contributed by atoms with E-state index in [4.69, 9.17) is 0 Å². The van der Waals surface area contributed by atoms with Crippen molar-refractivity contribution in [2.24, 2.45) is 0 Å². The lowest BCUT2D eigenvalue weighted by Gasteiger charge is -2.12. The van der Waals surface area contributed by atoms with Gasteiger partial charge in [0.15, 0.2) is 5.69 Å². The van der Waals surface area contributed by atoms with Gasteiger partial charge in [-0.15, -0.1) is 0 Å². The second-order valence-electron chi connectivity index (χ2n) is 5.44. The Labute approximate surface area is 142 Å². The summed E-state index contributed by atoms with van der Waals surface area (Å²) < 4.78 is 77.0. The minimum absolute atomic E-state index is 0.0622. The van der Waals surface area contributed by atoms with Crippen LogP contribution in [0.15, 0.2) is 36.7 Å². The molecular weight excluding hydrogens is 364 g/mol. The molecule has 0 aliphatic heterocycles. The van der Waals surface area contributed by atoms with Crippen LogP contribution in [0.3, 0.4) is 0 Å². The molecule has 0 saturated carbocycles. The van der Waals surface area contributed by atoms with E-state index < -0.39 is 24.5 Å². The Morgan fingerprint density at radius 1 is 1.04 bits per heavy atom. The highest BCUT2D eigenvalue weighted by molar-refractivity contribution is 5.59. The van der Waals surface area contributed by atoms with Gasteiger partial charge in [0.05, 0.1) is 0 Å². The van der Waals surface area contributed by atoms with Crippen molar-refractivity contribution in [2.75, 3.05) is 5.32 Å². The summed E-state index contributed by atoms with van der Waals surface area (Å²) >= 11 is 0. The number of alkyl halides is 6. The number of nitrogens with zero attached hydrogens (tertiary/aromatic N) is 4. The minimum Gasteiger partial charge on any atom is -0.340 e.